The van der Waals surface area contributed by atoms with Crippen molar-refractivity contribution in [3.8, 4) is 0 Å². The van der Waals surface area contributed by atoms with Crippen molar-refractivity contribution in [2.24, 2.45) is 0 Å². The Bertz CT molecular complexity index is 593. The predicted octanol–water partition coefficient (Wildman–Crippen LogP) is 2.76. The van der Waals surface area contributed by atoms with Gasteiger partial charge < -0.3 is 14.5 Å². The van der Waals surface area contributed by atoms with Crippen LogP contribution in [0.3, 0.4) is 0 Å². The second kappa shape index (κ2) is 6.60. The third kappa shape index (κ3) is 3.28. The number of furan rings is 1. The number of fused-ring (bicyclic) bond motifs is 1. The first kappa shape index (κ1) is 14.6. The van der Waals surface area contributed by atoms with Crippen molar-refractivity contribution in [3.05, 3.63) is 35.6 Å². The van der Waals surface area contributed by atoms with Crippen LogP contribution in [0.15, 0.2) is 28.7 Å². The quantitative estimate of drug-likeness (QED) is 0.939. The molecule has 1 aromatic heterocycles. The summed E-state index contributed by atoms with van der Waals surface area (Å²) >= 11 is 0. The van der Waals surface area contributed by atoms with E-state index in [1.165, 1.54) is 10.9 Å². The number of hydrogen-bond donors (Lipinski definition) is 1. The molecule has 0 saturated carbocycles. The van der Waals surface area contributed by atoms with Gasteiger partial charge in [-0.15, -0.1) is 0 Å². The van der Waals surface area contributed by atoms with Crippen LogP contribution in [-0.2, 0) is 17.8 Å². The Labute approximate surface area is 126 Å². The smallest absolute Gasteiger partial charge is 0.134 e. The Morgan fingerprint density at radius 2 is 2.19 bits per heavy atom. The molecule has 0 radical (unpaired) electrons. The van der Waals surface area contributed by atoms with Crippen molar-refractivity contribution in [3.63, 3.8) is 0 Å². The van der Waals surface area contributed by atoms with Gasteiger partial charge >= 0.3 is 0 Å². The van der Waals surface area contributed by atoms with E-state index in [9.17, 15) is 0 Å². The van der Waals surface area contributed by atoms with Gasteiger partial charge in [0.05, 0.1) is 12.6 Å². The van der Waals surface area contributed by atoms with Crippen molar-refractivity contribution in [2.45, 2.75) is 32.5 Å². The van der Waals surface area contributed by atoms with Crippen molar-refractivity contribution in [2.75, 3.05) is 26.7 Å². The first-order valence-corrected chi connectivity index (χ1v) is 7.75. The molecule has 2 aromatic rings. The summed E-state index contributed by atoms with van der Waals surface area (Å²) < 4.78 is 11.8. The first-order chi connectivity index (χ1) is 10.3. The lowest BCUT2D eigenvalue weighted by atomic mass is 10.1. The van der Waals surface area contributed by atoms with E-state index in [2.05, 4.69) is 29.3 Å². The minimum atomic E-state index is 0.296. The summed E-state index contributed by atoms with van der Waals surface area (Å²) in [5, 5.41) is 4.48. The molecular formula is C17H24N2O2. The molecule has 0 amide bonds. The minimum absolute atomic E-state index is 0.296. The molecule has 0 spiro atoms. The number of para-hydroxylation sites is 1. The number of hydrogen-bond acceptors (Lipinski definition) is 4. The average Bonchev–Trinajstić information content (AvgIpc) is 2.67. The van der Waals surface area contributed by atoms with Crippen LogP contribution < -0.4 is 5.32 Å². The predicted molar refractivity (Wildman–Crippen MR) is 84.3 cm³/mol. The van der Waals surface area contributed by atoms with Crippen LogP contribution in [0.1, 0.15) is 24.7 Å². The largest absolute Gasteiger partial charge is 0.459 e. The fourth-order valence-corrected chi connectivity index (χ4v) is 3.07. The van der Waals surface area contributed by atoms with Gasteiger partial charge in [0.25, 0.3) is 0 Å². The molecule has 1 aliphatic rings. The van der Waals surface area contributed by atoms with Crippen molar-refractivity contribution in [1.82, 2.24) is 10.2 Å². The summed E-state index contributed by atoms with van der Waals surface area (Å²) in [6.07, 6.45) is 1.39. The van der Waals surface area contributed by atoms with Crippen LogP contribution in [0.4, 0.5) is 0 Å². The van der Waals surface area contributed by atoms with Crippen molar-refractivity contribution in [1.29, 1.82) is 0 Å². The Balaban J connectivity index is 1.86. The zero-order chi connectivity index (χ0) is 14.7. The molecule has 0 aliphatic carbocycles. The van der Waals surface area contributed by atoms with E-state index in [0.29, 0.717) is 6.10 Å². The Morgan fingerprint density at radius 1 is 1.33 bits per heavy atom. The number of nitrogens with zero attached hydrogens (tertiary/aromatic N) is 1. The molecule has 1 unspecified atom stereocenters. The van der Waals surface area contributed by atoms with Gasteiger partial charge in [-0.3, -0.25) is 4.90 Å². The van der Waals surface area contributed by atoms with Crippen LogP contribution >= 0.6 is 0 Å². The summed E-state index contributed by atoms with van der Waals surface area (Å²) in [6.45, 7) is 6.74. The van der Waals surface area contributed by atoms with E-state index in [-0.39, 0.29) is 0 Å². The first-order valence-electron chi connectivity index (χ1n) is 7.75. The monoisotopic (exact) mass is 288 g/mol. The standard InChI is InChI=1S/C17H24N2O2/c1-13-11-19(8-5-9-20-13)12-17-15(10-18-2)14-6-3-4-7-16(14)21-17/h3-4,6-7,13,18H,5,8-12H2,1-2H3. The molecule has 1 fully saturated rings. The van der Waals surface area contributed by atoms with Crippen molar-refractivity contribution < 1.29 is 9.15 Å². The van der Waals surface area contributed by atoms with Crippen LogP contribution in [-0.4, -0.2) is 37.7 Å². The van der Waals surface area contributed by atoms with E-state index < -0.39 is 0 Å². The maximum absolute atomic E-state index is 6.11. The van der Waals surface area contributed by atoms with Gasteiger partial charge in [0.15, 0.2) is 0 Å². The van der Waals surface area contributed by atoms with Gasteiger partial charge in [0.2, 0.25) is 0 Å². The zero-order valence-corrected chi connectivity index (χ0v) is 12.9. The molecule has 21 heavy (non-hydrogen) atoms. The third-order valence-corrected chi connectivity index (χ3v) is 4.04. The molecule has 1 atom stereocenters. The molecule has 4 nitrogen and oxygen atoms in total. The van der Waals surface area contributed by atoms with Gasteiger partial charge in [-0.2, -0.15) is 0 Å². The highest BCUT2D eigenvalue weighted by atomic mass is 16.5. The SMILES string of the molecule is CNCc1c(CN2CCCOC(C)C2)oc2ccccc12. The van der Waals surface area contributed by atoms with Crippen LogP contribution in [0.2, 0.25) is 0 Å². The lowest BCUT2D eigenvalue weighted by molar-refractivity contribution is 0.0659. The molecule has 1 aromatic carbocycles. The number of benzene rings is 1. The second-order valence-electron chi connectivity index (χ2n) is 5.80. The van der Waals surface area contributed by atoms with E-state index >= 15 is 0 Å². The maximum atomic E-state index is 6.11. The molecule has 3 rings (SSSR count). The highest BCUT2D eigenvalue weighted by Gasteiger charge is 2.19. The van der Waals surface area contributed by atoms with E-state index in [1.54, 1.807) is 0 Å². The Morgan fingerprint density at radius 3 is 3.05 bits per heavy atom. The molecule has 1 saturated heterocycles. The number of rotatable bonds is 4. The van der Waals surface area contributed by atoms with Crippen LogP contribution in [0.25, 0.3) is 11.0 Å². The van der Waals surface area contributed by atoms with Gasteiger partial charge in [0.1, 0.15) is 11.3 Å². The van der Waals surface area contributed by atoms with Crippen LogP contribution in [0.5, 0.6) is 0 Å². The van der Waals surface area contributed by atoms with Crippen molar-refractivity contribution >= 4 is 11.0 Å². The highest BCUT2D eigenvalue weighted by molar-refractivity contribution is 5.82. The summed E-state index contributed by atoms with van der Waals surface area (Å²) in [5.74, 6) is 1.08. The number of ether oxygens (including phenoxy) is 1. The van der Waals surface area contributed by atoms with E-state index in [0.717, 1.165) is 50.5 Å². The minimum Gasteiger partial charge on any atom is -0.459 e. The normalized spacial score (nSPS) is 20.8. The molecule has 1 N–H and O–H groups in total. The Hall–Kier alpha value is -1.36. The summed E-state index contributed by atoms with van der Waals surface area (Å²) in [7, 11) is 1.98. The van der Waals surface area contributed by atoms with E-state index in [1.807, 2.05) is 19.2 Å². The van der Waals surface area contributed by atoms with Gasteiger partial charge in [0, 0.05) is 37.2 Å². The summed E-state index contributed by atoms with van der Waals surface area (Å²) in [5.41, 5.74) is 2.27. The fourth-order valence-electron chi connectivity index (χ4n) is 3.07. The zero-order valence-electron chi connectivity index (χ0n) is 12.9. The molecule has 2 heterocycles. The molecule has 114 valence electrons. The Kier molecular flexibility index (Phi) is 4.58. The van der Waals surface area contributed by atoms with Gasteiger partial charge in [-0.05, 0) is 26.5 Å². The van der Waals surface area contributed by atoms with Gasteiger partial charge in [-0.25, -0.2) is 0 Å². The summed E-state index contributed by atoms with van der Waals surface area (Å²) in [6, 6.07) is 8.29. The molecule has 1 aliphatic heterocycles. The van der Waals surface area contributed by atoms with E-state index in [4.69, 9.17) is 9.15 Å². The number of nitrogens with one attached hydrogen (secondary N) is 1. The molecule has 0 bridgehead atoms. The fraction of sp³-hybridized carbons (Fsp3) is 0.529. The average molecular weight is 288 g/mol. The van der Waals surface area contributed by atoms with Crippen LogP contribution in [0, 0.1) is 0 Å². The highest BCUT2D eigenvalue weighted by Crippen LogP contribution is 2.27. The third-order valence-electron chi connectivity index (χ3n) is 4.04. The lowest BCUT2D eigenvalue weighted by Crippen LogP contribution is -2.30. The second-order valence-corrected chi connectivity index (χ2v) is 5.80. The van der Waals surface area contributed by atoms with Gasteiger partial charge in [-0.1, -0.05) is 18.2 Å². The molecule has 4 heteroatoms. The summed E-state index contributed by atoms with van der Waals surface area (Å²) in [4.78, 5) is 2.44. The lowest BCUT2D eigenvalue weighted by Gasteiger charge is -2.21. The topological polar surface area (TPSA) is 37.6 Å². The maximum Gasteiger partial charge on any atom is 0.134 e. The molecular weight excluding hydrogens is 264 g/mol.